The van der Waals surface area contributed by atoms with Gasteiger partial charge in [0.2, 0.25) is 11.8 Å². The molecule has 2 amide bonds. The van der Waals surface area contributed by atoms with Gasteiger partial charge in [0.1, 0.15) is 12.4 Å². The summed E-state index contributed by atoms with van der Waals surface area (Å²) in [4.78, 5) is 22.4. The summed E-state index contributed by atoms with van der Waals surface area (Å²) >= 11 is 0. The normalized spacial score (nSPS) is 9.90. The Labute approximate surface area is 117 Å². The summed E-state index contributed by atoms with van der Waals surface area (Å²) in [6.07, 6.45) is 0. The van der Waals surface area contributed by atoms with Crippen molar-refractivity contribution in [2.75, 3.05) is 38.7 Å². The van der Waals surface area contributed by atoms with E-state index in [2.05, 4.69) is 10.6 Å². The summed E-state index contributed by atoms with van der Waals surface area (Å²) in [5.41, 5.74) is 5.73. The molecule has 0 spiro atoms. The quantitative estimate of drug-likeness (QED) is 0.569. The number of carbonyl (C=O) groups is 2. The van der Waals surface area contributed by atoms with Gasteiger partial charge in [-0.3, -0.25) is 9.59 Å². The molecule has 1 aromatic rings. The first-order chi connectivity index (χ1) is 9.65. The van der Waals surface area contributed by atoms with Crippen LogP contribution >= 0.6 is 0 Å². The summed E-state index contributed by atoms with van der Waals surface area (Å²) in [7, 11) is 1.60. The SMILES string of the molecule is COCCOc1ccc(NC(=O)CNC(=O)CN)cc1. The number of benzene rings is 1. The largest absolute Gasteiger partial charge is 0.491 e. The van der Waals surface area contributed by atoms with Crippen molar-refractivity contribution in [2.24, 2.45) is 5.73 Å². The maximum Gasteiger partial charge on any atom is 0.243 e. The van der Waals surface area contributed by atoms with Gasteiger partial charge in [0.05, 0.1) is 19.7 Å². The molecule has 1 aromatic carbocycles. The lowest BCUT2D eigenvalue weighted by Crippen LogP contribution is -2.36. The number of nitrogens with two attached hydrogens (primary N) is 1. The van der Waals surface area contributed by atoms with Gasteiger partial charge in [0.25, 0.3) is 0 Å². The van der Waals surface area contributed by atoms with E-state index < -0.39 is 0 Å². The maximum absolute atomic E-state index is 11.5. The van der Waals surface area contributed by atoms with Crippen LogP contribution in [0.4, 0.5) is 5.69 Å². The number of methoxy groups -OCH3 is 1. The minimum atomic E-state index is -0.373. The van der Waals surface area contributed by atoms with Gasteiger partial charge < -0.3 is 25.8 Å². The van der Waals surface area contributed by atoms with Gasteiger partial charge in [-0.15, -0.1) is 0 Å². The van der Waals surface area contributed by atoms with Crippen molar-refractivity contribution in [3.63, 3.8) is 0 Å². The molecular formula is C13H19N3O4. The molecular weight excluding hydrogens is 262 g/mol. The Kier molecular flexibility index (Phi) is 7.08. The number of carbonyl (C=O) groups excluding carboxylic acids is 2. The summed E-state index contributed by atoms with van der Waals surface area (Å²) in [5.74, 6) is -0.00150. The molecule has 20 heavy (non-hydrogen) atoms. The highest BCUT2D eigenvalue weighted by Crippen LogP contribution is 2.15. The van der Waals surface area contributed by atoms with Crippen LogP contribution in [0.3, 0.4) is 0 Å². The van der Waals surface area contributed by atoms with Crippen LogP contribution < -0.4 is 21.1 Å². The fraction of sp³-hybridized carbons (Fsp3) is 0.385. The zero-order valence-electron chi connectivity index (χ0n) is 11.3. The molecule has 0 atom stereocenters. The standard InChI is InChI=1S/C13H19N3O4/c1-19-6-7-20-11-4-2-10(3-5-11)16-13(18)9-15-12(17)8-14/h2-5H,6-9,14H2,1H3,(H,15,17)(H,16,18). The molecule has 0 unspecified atom stereocenters. The van der Waals surface area contributed by atoms with E-state index >= 15 is 0 Å². The van der Waals surface area contributed by atoms with Crippen LogP contribution in [-0.2, 0) is 14.3 Å². The second-order valence-corrected chi connectivity index (χ2v) is 3.89. The van der Waals surface area contributed by atoms with Crippen LogP contribution in [0.2, 0.25) is 0 Å². The van der Waals surface area contributed by atoms with E-state index in [-0.39, 0.29) is 24.9 Å². The summed E-state index contributed by atoms with van der Waals surface area (Å²) < 4.78 is 10.3. The first-order valence-corrected chi connectivity index (χ1v) is 6.14. The van der Waals surface area contributed by atoms with E-state index in [4.69, 9.17) is 15.2 Å². The van der Waals surface area contributed by atoms with Crippen LogP contribution in [0, 0.1) is 0 Å². The highest BCUT2D eigenvalue weighted by atomic mass is 16.5. The van der Waals surface area contributed by atoms with E-state index in [1.807, 2.05) is 0 Å². The molecule has 0 aliphatic carbocycles. The Morgan fingerprint density at radius 1 is 1.15 bits per heavy atom. The lowest BCUT2D eigenvalue weighted by Gasteiger charge is -2.08. The van der Waals surface area contributed by atoms with Crippen molar-refractivity contribution in [3.8, 4) is 5.75 Å². The lowest BCUT2D eigenvalue weighted by atomic mass is 10.3. The molecule has 0 radical (unpaired) electrons. The van der Waals surface area contributed by atoms with Crippen LogP contribution in [0.5, 0.6) is 5.75 Å². The zero-order valence-corrected chi connectivity index (χ0v) is 11.3. The van der Waals surface area contributed by atoms with Crippen molar-refractivity contribution < 1.29 is 19.1 Å². The zero-order chi connectivity index (χ0) is 14.8. The Hall–Kier alpha value is -2.12. The van der Waals surface area contributed by atoms with Crippen LogP contribution in [0.1, 0.15) is 0 Å². The van der Waals surface area contributed by atoms with Gasteiger partial charge in [0.15, 0.2) is 0 Å². The first-order valence-electron chi connectivity index (χ1n) is 6.14. The number of rotatable bonds is 8. The number of nitrogens with one attached hydrogen (secondary N) is 2. The topological polar surface area (TPSA) is 103 Å². The van der Waals surface area contributed by atoms with E-state index in [0.29, 0.717) is 24.7 Å². The second-order valence-electron chi connectivity index (χ2n) is 3.89. The number of hydrogen-bond donors (Lipinski definition) is 3. The third-order valence-corrected chi connectivity index (χ3v) is 2.33. The Balaban J connectivity index is 2.36. The van der Waals surface area contributed by atoms with Crippen LogP contribution in [-0.4, -0.2) is 45.2 Å². The fourth-order valence-electron chi connectivity index (χ4n) is 1.33. The van der Waals surface area contributed by atoms with Crippen LogP contribution in [0.15, 0.2) is 24.3 Å². The van der Waals surface area contributed by atoms with E-state index in [0.717, 1.165) is 0 Å². The third-order valence-electron chi connectivity index (χ3n) is 2.33. The number of ether oxygens (including phenoxy) is 2. The highest BCUT2D eigenvalue weighted by Gasteiger charge is 2.04. The predicted molar refractivity (Wildman–Crippen MR) is 74.5 cm³/mol. The van der Waals surface area contributed by atoms with Crippen LogP contribution in [0.25, 0.3) is 0 Å². The molecule has 0 saturated heterocycles. The molecule has 7 nitrogen and oxygen atoms in total. The Morgan fingerprint density at radius 2 is 1.85 bits per heavy atom. The van der Waals surface area contributed by atoms with Crippen molar-refractivity contribution in [3.05, 3.63) is 24.3 Å². The second kappa shape index (κ2) is 8.89. The van der Waals surface area contributed by atoms with Crippen molar-refractivity contribution >= 4 is 17.5 Å². The summed E-state index contributed by atoms with van der Waals surface area (Å²) in [6, 6.07) is 6.91. The molecule has 0 heterocycles. The Bertz CT molecular complexity index is 434. The third kappa shape index (κ3) is 6.17. The first kappa shape index (κ1) is 15.9. The predicted octanol–water partition coefficient (Wildman–Crippen LogP) is -0.275. The lowest BCUT2D eigenvalue weighted by molar-refractivity contribution is -0.123. The number of anilines is 1. The molecule has 110 valence electrons. The van der Waals surface area contributed by atoms with Gasteiger partial charge in [-0.05, 0) is 24.3 Å². The summed E-state index contributed by atoms with van der Waals surface area (Å²) in [6.45, 7) is 0.732. The van der Waals surface area contributed by atoms with E-state index in [1.165, 1.54) is 0 Å². The average molecular weight is 281 g/mol. The number of amides is 2. The van der Waals surface area contributed by atoms with Gasteiger partial charge in [-0.1, -0.05) is 0 Å². The molecule has 0 saturated carbocycles. The Morgan fingerprint density at radius 3 is 2.45 bits per heavy atom. The van der Waals surface area contributed by atoms with E-state index in [1.54, 1.807) is 31.4 Å². The van der Waals surface area contributed by atoms with Gasteiger partial charge in [0, 0.05) is 12.8 Å². The van der Waals surface area contributed by atoms with E-state index in [9.17, 15) is 9.59 Å². The van der Waals surface area contributed by atoms with Gasteiger partial charge in [-0.25, -0.2) is 0 Å². The van der Waals surface area contributed by atoms with Gasteiger partial charge in [-0.2, -0.15) is 0 Å². The molecule has 0 aliphatic rings. The van der Waals surface area contributed by atoms with Crippen molar-refractivity contribution in [1.29, 1.82) is 0 Å². The average Bonchev–Trinajstić information content (AvgIpc) is 2.47. The highest BCUT2D eigenvalue weighted by molar-refractivity contribution is 5.94. The molecule has 0 bridgehead atoms. The molecule has 7 heteroatoms. The minimum absolute atomic E-state index is 0.109. The smallest absolute Gasteiger partial charge is 0.243 e. The molecule has 0 fully saturated rings. The maximum atomic E-state index is 11.5. The number of hydrogen-bond acceptors (Lipinski definition) is 5. The molecule has 0 aromatic heterocycles. The molecule has 0 aliphatic heterocycles. The van der Waals surface area contributed by atoms with Gasteiger partial charge >= 0.3 is 0 Å². The molecule has 1 rings (SSSR count). The summed E-state index contributed by atoms with van der Waals surface area (Å²) in [5, 5.41) is 5.02. The fourth-order valence-corrected chi connectivity index (χ4v) is 1.33. The van der Waals surface area contributed by atoms with Crippen molar-refractivity contribution in [1.82, 2.24) is 5.32 Å². The van der Waals surface area contributed by atoms with Crippen molar-refractivity contribution in [2.45, 2.75) is 0 Å². The molecule has 4 N–H and O–H groups in total. The monoisotopic (exact) mass is 281 g/mol. The minimum Gasteiger partial charge on any atom is -0.491 e.